The molecule has 2 heterocycles. The fraction of sp³-hybridized carbons (Fsp3) is 0.667. The van der Waals surface area contributed by atoms with Crippen LogP contribution in [0.1, 0.15) is 31.7 Å². The first-order valence-electron chi connectivity index (χ1n) is 9.28. The maximum Gasteiger partial charge on any atom is 0.417 e. The number of ether oxygens (including phenoxy) is 1. The lowest BCUT2D eigenvalue weighted by Crippen LogP contribution is -2.47. The van der Waals surface area contributed by atoms with Gasteiger partial charge in [0.2, 0.25) is 0 Å². The van der Waals surface area contributed by atoms with Gasteiger partial charge in [-0.1, -0.05) is 0 Å². The number of aliphatic imine (C=N–C) groups is 1. The maximum atomic E-state index is 12.5. The molecule has 0 aliphatic carbocycles. The summed E-state index contributed by atoms with van der Waals surface area (Å²) in [6.07, 6.45) is -0.399. The molecule has 2 rings (SSSR count). The van der Waals surface area contributed by atoms with Gasteiger partial charge in [-0.25, -0.2) is 4.98 Å². The van der Waals surface area contributed by atoms with Crippen LogP contribution in [0.15, 0.2) is 23.3 Å². The molecule has 0 spiro atoms. The highest BCUT2D eigenvalue weighted by Gasteiger charge is 2.30. The van der Waals surface area contributed by atoms with Gasteiger partial charge in [-0.05, 0) is 38.3 Å². The Balaban J connectivity index is 1.65. The van der Waals surface area contributed by atoms with Crippen molar-refractivity contribution in [1.82, 2.24) is 15.2 Å². The van der Waals surface area contributed by atoms with Crippen LogP contribution in [0.4, 0.5) is 19.0 Å². The number of alkyl halides is 3. The third kappa shape index (κ3) is 6.89. The Morgan fingerprint density at radius 2 is 2.04 bits per heavy atom. The first-order chi connectivity index (χ1) is 12.9. The van der Waals surface area contributed by atoms with Crippen molar-refractivity contribution in [1.29, 1.82) is 0 Å². The molecule has 2 N–H and O–H groups in total. The van der Waals surface area contributed by atoms with Crippen molar-refractivity contribution < 1.29 is 17.9 Å². The average molecular weight is 387 g/mol. The first kappa shape index (κ1) is 21.3. The van der Waals surface area contributed by atoms with Gasteiger partial charge in [0.1, 0.15) is 5.82 Å². The Kier molecular flexibility index (Phi) is 8.15. The van der Waals surface area contributed by atoms with E-state index in [4.69, 9.17) is 4.74 Å². The minimum Gasteiger partial charge on any atom is -0.378 e. The van der Waals surface area contributed by atoms with Crippen LogP contribution in [0.3, 0.4) is 0 Å². The summed E-state index contributed by atoms with van der Waals surface area (Å²) in [5.41, 5.74) is -0.744. The van der Waals surface area contributed by atoms with Crippen LogP contribution in [0.2, 0.25) is 0 Å². The van der Waals surface area contributed by atoms with Crippen LogP contribution in [-0.4, -0.2) is 61.8 Å². The molecular weight excluding hydrogens is 359 g/mol. The highest BCUT2D eigenvalue weighted by molar-refractivity contribution is 5.79. The number of anilines is 1. The fourth-order valence-electron chi connectivity index (χ4n) is 2.97. The van der Waals surface area contributed by atoms with Gasteiger partial charge >= 0.3 is 6.18 Å². The van der Waals surface area contributed by atoms with Crippen LogP contribution < -0.4 is 10.6 Å². The van der Waals surface area contributed by atoms with Crippen LogP contribution in [0, 0.1) is 0 Å². The van der Waals surface area contributed by atoms with Gasteiger partial charge in [-0.15, -0.1) is 0 Å². The Hall–Kier alpha value is -2.03. The number of nitrogens with zero attached hydrogens (tertiary/aromatic N) is 3. The van der Waals surface area contributed by atoms with Gasteiger partial charge in [0.15, 0.2) is 5.96 Å². The van der Waals surface area contributed by atoms with E-state index < -0.39 is 11.7 Å². The number of hydrogen-bond acceptors (Lipinski definition) is 4. The van der Waals surface area contributed by atoms with Crippen molar-refractivity contribution in [2.75, 3.05) is 45.2 Å². The first-order valence-corrected chi connectivity index (χ1v) is 9.28. The van der Waals surface area contributed by atoms with E-state index in [0.717, 1.165) is 57.2 Å². The number of likely N-dealkylation sites (tertiary alicyclic amines) is 1. The fourth-order valence-corrected chi connectivity index (χ4v) is 2.97. The SMILES string of the molecule is CCOC1CCN(C(=NC)NCCCNc2ccc(C(F)(F)F)cn2)CC1. The zero-order valence-corrected chi connectivity index (χ0v) is 15.9. The van der Waals surface area contributed by atoms with Crippen LogP contribution in [0.5, 0.6) is 0 Å². The van der Waals surface area contributed by atoms with Gasteiger partial charge in [0.25, 0.3) is 0 Å². The standard InChI is InChI=1S/C18H28F3N5O/c1-3-27-15-7-11-26(12-8-15)17(22-2)24-10-4-9-23-16-6-5-14(13-25-16)18(19,20)21/h5-6,13,15H,3-4,7-12H2,1-2H3,(H,22,24)(H,23,25). The second-order valence-electron chi connectivity index (χ2n) is 6.33. The molecule has 27 heavy (non-hydrogen) atoms. The minimum atomic E-state index is -4.36. The number of rotatable bonds is 7. The lowest BCUT2D eigenvalue weighted by molar-refractivity contribution is -0.137. The Morgan fingerprint density at radius 1 is 1.30 bits per heavy atom. The molecule has 0 bridgehead atoms. The summed E-state index contributed by atoms with van der Waals surface area (Å²) in [5, 5.41) is 6.35. The number of piperidine rings is 1. The summed E-state index contributed by atoms with van der Waals surface area (Å²) in [5.74, 6) is 1.31. The van der Waals surface area contributed by atoms with Crippen molar-refractivity contribution in [3.8, 4) is 0 Å². The van der Waals surface area contributed by atoms with Crippen molar-refractivity contribution in [2.24, 2.45) is 4.99 Å². The quantitative estimate of drug-likeness (QED) is 0.428. The van der Waals surface area contributed by atoms with Crippen LogP contribution in [-0.2, 0) is 10.9 Å². The lowest BCUT2D eigenvalue weighted by atomic mass is 10.1. The molecule has 0 amide bonds. The van der Waals surface area contributed by atoms with Gasteiger partial charge in [-0.3, -0.25) is 4.99 Å². The van der Waals surface area contributed by atoms with E-state index in [9.17, 15) is 13.2 Å². The predicted octanol–water partition coefficient (Wildman–Crippen LogP) is 2.98. The highest BCUT2D eigenvalue weighted by Crippen LogP contribution is 2.28. The van der Waals surface area contributed by atoms with E-state index in [1.54, 1.807) is 7.05 Å². The van der Waals surface area contributed by atoms with E-state index in [-0.39, 0.29) is 0 Å². The summed E-state index contributed by atoms with van der Waals surface area (Å²) < 4.78 is 43.2. The van der Waals surface area contributed by atoms with Gasteiger partial charge in [-0.2, -0.15) is 13.2 Å². The van der Waals surface area contributed by atoms with E-state index in [1.165, 1.54) is 6.07 Å². The molecule has 1 saturated heterocycles. The molecule has 1 aliphatic rings. The van der Waals surface area contributed by atoms with Gasteiger partial charge < -0.3 is 20.3 Å². The zero-order chi connectivity index (χ0) is 19.7. The van der Waals surface area contributed by atoms with Crippen molar-refractivity contribution in [3.05, 3.63) is 23.9 Å². The zero-order valence-electron chi connectivity index (χ0n) is 15.9. The number of hydrogen-bond donors (Lipinski definition) is 2. The van der Waals surface area contributed by atoms with E-state index in [0.29, 0.717) is 25.0 Å². The lowest BCUT2D eigenvalue weighted by Gasteiger charge is -2.34. The summed E-state index contributed by atoms with van der Waals surface area (Å²) in [6.45, 7) is 5.91. The summed E-state index contributed by atoms with van der Waals surface area (Å²) in [7, 11) is 1.77. The average Bonchev–Trinajstić information content (AvgIpc) is 2.65. The Morgan fingerprint density at radius 3 is 2.59 bits per heavy atom. The largest absolute Gasteiger partial charge is 0.417 e. The molecule has 6 nitrogen and oxygen atoms in total. The second kappa shape index (κ2) is 10.3. The number of halogens is 3. The molecule has 0 atom stereocenters. The number of pyridine rings is 1. The van der Waals surface area contributed by atoms with E-state index >= 15 is 0 Å². The summed E-state index contributed by atoms with van der Waals surface area (Å²) in [4.78, 5) is 10.3. The normalized spacial score (nSPS) is 16.5. The minimum absolute atomic E-state index is 0.338. The number of guanidine groups is 1. The molecule has 0 radical (unpaired) electrons. The molecule has 9 heteroatoms. The molecule has 1 aromatic rings. The van der Waals surface area contributed by atoms with Crippen LogP contribution >= 0.6 is 0 Å². The van der Waals surface area contributed by atoms with Crippen LogP contribution in [0.25, 0.3) is 0 Å². The van der Waals surface area contributed by atoms with Crippen molar-refractivity contribution in [3.63, 3.8) is 0 Å². The predicted molar refractivity (Wildman–Crippen MR) is 99.9 cm³/mol. The van der Waals surface area contributed by atoms with Crippen molar-refractivity contribution >= 4 is 11.8 Å². The van der Waals surface area contributed by atoms with Gasteiger partial charge in [0, 0.05) is 46.0 Å². The molecule has 0 unspecified atom stereocenters. The number of aromatic nitrogens is 1. The van der Waals surface area contributed by atoms with E-state index in [1.807, 2.05) is 6.92 Å². The number of nitrogens with one attached hydrogen (secondary N) is 2. The second-order valence-corrected chi connectivity index (χ2v) is 6.33. The molecule has 1 fully saturated rings. The molecular formula is C18H28F3N5O. The molecule has 1 aliphatic heterocycles. The topological polar surface area (TPSA) is 61.8 Å². The molecule has 0 saturated carbocycles. The van der Waals surface area contributed by atoms with Crippen molar-refractivity contribution in [2.45, 2.75) is 38.5 Å². The summed E-state index contributed by atoms with van der Waals surface area (Å²) in [6, 6.07) is 2.37. The third-order valence-corrected chi connectivity index (χ3v) is 4.39. The Bertz CT molecular complexity index is 584. The van der Waals surface area contributed by atoms with E-state index in [2.05, 4.69) is 25.5 Å². The molecule has 0 aromatic carbocycles. The summed E-state index contributed by atoms with van der Waals surface area (Å²) >= 11 is 0. The smallest absolute Gasteiger partial charge is 0.378 e. The molecule has 152 valence electrons. The monoisotopic (exact) mass is 387 g/mol. The third-order valence-electron chi connectivity index (χ3n) is 4.39. The molecule has 1 aromatic heterocycles. The maximum absolute atomic E-state index is 12.5. The highest BCUT2D eigenvalue weighted by atomic mass is 19.4. The Labute approximate surface area is 158 Å². The van der Waals surface area contributed by atoms with Gasteiger partial charge in [0.05, 0.1) is 11.7 Å².